The van der Waals surface area contributed by atoms with Crippen molar-refractivity contribution in [2.75, 3.05) is 37.6 Å². The zero-order valence-electron chi connectivity index (χ0n) is 12.4. The van der Waals surface area contributed by atoms with Gasteiger partial charge in [-0.1, -0.05) is 25.1 Å². The summed E-state index contributed by atoms with van der Waals surface area (Å²) in [4.78, 5) is 30.7. The van der Waals surface area contributed by atoms with Crippen LogP contribution in [0.1, 0.15) is 13.3 Å². The molecular weight excluding hydrogens is 266 g/mol. The minimum absolute atomic E-state index is 0.0730. The van der Waals surface area contributed by atoms with E-state index in [1.54, 1.807) is 0 Å². The SMILES string of the molecule is CCN1CCN([C@H]2CC(=O)N(c3ccccc3)C2=O)CC1. The minimum atomic E-state index is -0.281. The molecule has 5 nitrogen and oxygen atoms in total. The number of carbonyl (C=O) groups is 2. The molecule has 21 heavy (non-hydrogen) atoms. The molecule has 2 fully saturated rings. The van der Waals surface area contributed by atoms with Crippen LogP contribution in [0, 0.1) is 0 Å². The average molecular weight is 287 g/mol. The van der Waals surface area contributed by atoms with Crippen LogP contribution in [-0.4, -0.2) is 60.4 Å². The molecule has 2 amide bonds. The van der Waals surface area contributed by atoms with Crippen molar-refractivity contribution >= 4 is 17.5 Å². The van der Waals surface area contributed by atoms with Gasteiger partial charge in [-0.05, 0) is 18.7 Å². The highest BCUT2D eigenvalue weighted by molar-refractivity contribution is 6.22. The molecule has 112 valence electrons. The fourth-order valence-electron chi connectivity index (χ4n) is 3.14. The second-order valence-corrected chi connectivity index (χ2v) is 5.59. The van der Waals surface area contributed by atoms with Crippen molar-refractivity contribution in [3.63, 3.8) is 0 Å². The van der Waals surface area contributed by atoms with E-state index >= 15 is 0 Å². The Morgan fingerprint density at radius 3 is 2.33 bits per heavy atom. The minimum Gasteiger partial charge on any atom is -0.301 e. The predicted molar refractivity (Wildman–Crippen MR) is 81.0 cm³/mol. The van der Waals surface area contributed by atoms with E-state index in [9.17, 15) is 9.59 Å². The molecule has 0 aromatic heterocycles. The number of rotatable bonds is 3. The molecule has 0 saturated carbocycles. The van der Waals surface area contributed by atoms with Crippen molar-refractivity contribution in [2.45, 2.75) is 19.4 Å². The van der Waals surface area contributed by atoms with Crippen molar-refractivity contribution in [2.24, 2.45) is 0 Å². The van der Waals surface area contributed by atoms with Gasteiger partial charge < -0.3 is 4.90 Å². The van der Waals surface area contributed by atoms with Crippen LogP contribution in [0.5, 0.6) is 0 Å². The molecule has 1 atom stereocenters. The van der Waals surface area contributed by atoms with Crippen LogP contribution in [0.4, 0.5) is 5.69 Å². The van der Waals surface area contributed by atoms with E-state index in [1.165, 1.54) is 4.90 Å². The molecule has 2 heterocycles. The third-order valence-corrected chi connectivity index (χ3v) is 4.43. The van der Waals surface area contributed by atoms with Crippen LogP contribution in [0.15, 0.2) is 30.3 Å². The van der Waals surface area contributed by atoms with E-state index in [1.807, 2.05) is 30.3 Å². The fourth-order valence-corrected chi connectivity index (χ4v) is 3.14. The maximum Gasteiger partial charge on any atom is 0.251 e. The Labute approximate surface area is 125 Å². The molecule has 5 heteroatoms. The van der Waals surface area contributed by atoms with Gasteiger partial charge in [0.1, 0.15) is 0 Å². The van der Waals surface area contributed by atoms with E-state index in [-0.39, 0.29) is 17.9 Å². The van der Waals surface area contributed by atoms with Crippen LogP contribution in [-0.2, 0) is 9.59 Å². The first kappa shape index (κ1) is 14.2. The first-order valence-electron chi connectivity index (χ1n) is 7.59. The van der Waals surface area contributed by atoms with E-state index in [2.05, 4.69) is 16.7 Å². The van der Waals surface area contributed by atoms with Crippen molar-refractivity contribution in [1.29, 1.82) is 0 Å². The van der Waals surface area contributed by atoms with Gasteiger partial charge in [-0.25, -0.2) is 4.90 Å². The van der Waals surface area contributed by atoms with E-state index in [4.69, 9.17) is 0 Å². The maximum absolute atomic E-state index is 12.6. The second-order valence-electron chi connectivity index (χ2n) is 5.59. The molecule has 0 aliphatic carbocycles. The predicted octanol–water partition coefficient (Wildman–Crippen LogP) is 0.956. The smallest absolute Gasteiger partial charge is 0.251 e. The van der Waals surface area contributed by atoms with Crippen molar-refractivity contribution in [3.05, 3.63) is 30.3 Å². The quantitative estimate of drug-likeness (QED) is 0.777. The number of benzene rings is 1. The maximum atomic E-state index is 12.6. The highest BCUT2D eigenvalue weighted by Gasteiger charge is 2.43. The van der Waals surface area contributed by atoms with E-state index in [0.29, 0.717) is 12.1 Å². The van der Waals surface area contributed by atoms with Crippen LogP contribution in [0.25, 0.3) is 0 Å². The number of hydrogen-bond acceptors (Lipinski definition) is 4. The normalized spacial score (nSPS) is 24.8. The largest absolute Gasteiger partial charge is 0.301 e. The van der Waals surface area contributed by atoms with Gasteiger partial charge in [0, 0.05) is 26.2 Å². The summed E-state index contributed by atoms with van der Waals surface area (Å²) in [6.07, 6.45) is 0.305. The van der Waals surface area contributed by atoms with Gasteiger partial charge in [-0.15, -0.1) is 0 Å². The van der Waals surface area contributed by atoms with Crippen LogP contribution in [0.2, 0.25) is 0 Å². The van der Waals surface area contributed by atoms with E-state index in [0.717, 1.165) is 32.7 Å². The zero-order chi connectivity index (χ0) is 14.8. The molecule has 1 aromatic rings. The fraction of sp³-hybridized carbons (Fsp3) is 0.500. The summed E-state index contributed by atoms with van der Waals surface area (Å²) in [6, 6.07) is 8.93. The summed E-state index contributed by atoms with van der Waals surface area (Å²) in [5.41, 5.74) is 0.683. The zero-order valence-corrected chi connectivity index (χ0v) is 12.4. The topological polar surface area (TPSA) is 43.9 Å². The number of hydrogen-bond donors (Lipinski definition) is 0. The molecule has 1 aromatic carbocycles. The van der Waals surface area contributed by atoms with Gasteiger partial charge in [-0.2, -0.15) is 0 Å². The van der Waals surface area contributed by atoms with Gasteiger partial charge in [0.25, 0.3) is 5.91 Å². The number of anilines is 1. The third kappa shape index (κ3) is 2.71. The lowest BCUT2D eigenvalue weighted by Gasteiger charge is -2.36. The molecule has 0 spiro atoms. The van der Waals surface area contributed by atoms with Crippen LogP contribution < -0.4 is 4.90 Å². The summed E-state index contributed by atoms with van der Waals surface area (Å²) in [7, 11) is 0. The monoisotopic (exact) mass is 287 g/mol. The molecule has 2 aliphatic rings. The highest BCUT2D eigenvalue weighted by atomic mass is 16.2. The average Bonchev–Trinajstić information content (AvgIpc) is 2.83. The first-order chi connectivity index (χ1) is 10.2. The van der Waals surface area contributed by atoms with Crippen molar-refractivity contribution in [1.82, 2.24) is 9.80 Å². The highest BCUT2D eigenvalue weighted by Crippen LogP contribution is 2.25. The number of piperazine rings is 1. The van der Waals surface area contributed by atoms with Gasteiger partial charge in [0.2, 0.25) is 5.91 Å². The Bertz CT molecular complexity index is 524. The number of likely N-dealkylation sites (N-methyl/N-ethyl adjacent to an activating group) is 1. The molecule has 0 N–H and O–H groups in total. The second kappa shape index (κ2) is 5.95. The molecule has 3 rings (SSSR count). The summed E-state index contributed by atoms with van der Waals surface area (Å²) in [5.74, 6) is -0.162. The molecule has 0 unspecified atom stereocenters. The lowest BCUT2D eigenvalue weighted by Crippen LogP contribution is -2.52. The lowest BCUT2D eigenvalue weighted by atomic mass is 10.1. The number of para-hydroxylation sites is 1. The van der Waals surface area contributed by atoms with Crippen LogP contribution in [0.3, 0.4) is 0 Å². The molecular formula is C16H21N3O2. The van der Waals surface area contributed by atoms with Gasteiger partial charge in [-0.3, -0.25) is 14.5 Å². The van der Waals surface area contributed by atoms with E-state index < -0.39 is 0 Å². The number of amides is 2. The summed E-state index contributed by atoms with van der Waals surface area (Å²) < 4.78 is 0. The third-order valence-electron chi connectivity index (χ3n) is 4.43. The number of carbonyl (C=O) groups excluding carboxylic acids is 2. The summed E-state index contributed by atoms with van der Waals surface area (Å²) >= 11 is 0. The number of nitrogens with zero attached hydrogens (tertiary/aromatic N) is 3. The first-order valence-corrected chi connectivity index (χ1v) is 7.59. The standard InChI is InChI=1S/C16H21N3O2/c1-2-17-8-10-18(11-9-17)14-12-15(20)19(16(14)21)13-6-4-3-5-7-13/h3-7,14H,2,8-12H2,1H3/t14-/m0/s1. The Morgan fingerprint density at radius 1 is 1.05 bits per heavy atom. The van der Waals surface area contributed by atoms with Gasteiger partial charge in [0.15, 0.2) is 0 Å². The molecule has 2 saturated heterocycles. The molecule has 0 bridgehead atoms. The Morgan fingerprint density at radius 2 is 1.71 bits per heavy atom. The Hall–Kier alpha value is -1.72. The number of imide groups is 1. The van der Waals surface area contributed by atoms with Crippen LogP contribution >= 0.6 is 0 Å². The van der Waals surface area contributed by atoms with Crippen molar-refractivity contribution in [3.8, 4) is 0 Å². The van der Waals surface area contributed by atoms with Gasteiger partial charge >= 0.3 is 0 Å². The molecule has 2 aliphatic heterocycles. The Kier molecular flexibility index (Phi) is 4.03. The summed E-state index contributed by atoms with van der Waals surface area (Å²) in [5, 5.41) is 0. The van der Waals surface area contributed by atoms with Crippen molar-refractivity contribution < 1.29 is 9.59 Å². The molecule has 0 radical (unpaired) electrons. The Balaban J connectivity index is 1.72. The van der Waals surface area contributed by atoms with Gasteiger partial charge in [0.05, 0.1) is 18.2 Å². The summed E-state index contributed by atoms with van der Waals surface area (Å²) in [6.45, 7) is 6.86. The lowest BCUT2D eigenvalue weighted by molar-refractivity contribution is -0.123.